The minimum atomic E-state index is 0.595. The molecule has 1 rings (SSSR count). The quantitative estimate of drug-likeness (QED) is 0.619. The van der Waals surface area contributed by atoms with Gasteiger partial charge < -0.3 is 5.32 Å². The van der Waals surface area contributed by atoms with Crippen molar-refractivity contribution in [2.45, 2.75) is 31.8 Å². The minimum absolute atomic E-state index is 0.595. The van der Waals surface area contributed by atoms with E-state index in [2.05, 4.69) is 31.4 Å². The fourth-order valence-corrected chi connectivity index (χ4v) is 2.19. The van der Waals surface area contributed by atoms with Crippen molar-refractivity contribution in [2.75, 3.05) is 21.1 Å². The van der Waals surface area contributed by atoms with Crippen molar-refractivity contribution in [3.63, 3.8) is 0 Å². The van der Waals surface area contributed by atoms with Gasteiger partial charge >= 0.3 is 0 Å². The second-order valence-corrected chi connectivity index (χ2v) is 3.74. The molecular formula is C9H20N2. The van der Waals surface area contributed by atoms with E-state index in [1.54, 1.807) is 0 Å². The van der Waals surface area contributed by atoms with Gasteiger partial charge in [0.1, 0.15) is 0 Å². The molecule has 1 unspecified atom stereocenters. The van der Waals surface area contributed by atoms with Gasteiger partial charge in [0.25, 0.3) is 0 Å². The lowest BCUT2D eigenvalue weighted by molar-refractivity contribution is 0.182. The van der Waals surface area contributed by atoms with Crippen LogP contribution < -0.4 is 5.32 Å². The molecule has 0 bridgehead atoms. The normalized spacial score (nSPS) is 22.9. The number of nitrogens with zero attached hydrogens (tertiary/aromatic N) is 1. The van der Waals surface area contributed by atoms with Crippen LogP contribution in [0.3, 0.4) is 0 Å². The molecule has 0 aliphatic heterocycles. The molecule has 1 saturated carbocycles. The molecule has 0 amide bonds. The van der Waals surface area contributed by atoms with Gasteiger partial charge in [-0.3, -0.25) is 4.90 Å². The Balaban J connectivity index is 2.40. The summed E-state index contributed by atoms with van der Waals surface area (Å²) in [5, 5.41) is 3.37. The zero-order chi connectivity index (χ0) is 8.27. The standard InChI is InChI=1S/C9H20N2/c1-10-9(11(2)3)8-6-4-5-7-8/h8-10H,4-7H2,1-3H3. The van der Waals surface area contributed by atoms with E-state index in [-0.39, 0.29) is 0 Å². The molecule has 66 valence electrons. The van der Waals surface area contributed by atoms with E-state index >= 15 is 0 Å². The fraction of sp³-hybridized carbons (Fsp3) is 1.00. The maximum Gasteiger partial charge on any atom is 0.0618 e. The third-order valence-corrected chi connectivity index (χ3v) is 2.70. The average Bonchev–Trinajstić information content (AvgIpc) is 2.40. The first kappa shape index (κ1) is 9.01. The first-order valence-electron chi connectivity index (χ1n) is 4.59. The largest absolute Gasteiger partial charge is 0.305 e. The van der Waals surface area contributed by atoms with Gasteiger partial charge in [0, 0.05) is 0 Å². The lowest BCUT2D eigenvalue weighted by atomic mass is 10.0. The number of rotatable bonds is 3. The van der Waals surface area contributed by atoms with Crippen LogP contribution in [0.15, 0.2) is 0 Å². The molecule has 0 aromatic rings. The van der Waals surface area contributed by atoms with Gasteiger partial charge in [-0.2, -0.15) is 0 Å². The van der Waals surface area contributed by atoms with Crippen LogP contribution in [0, 0.1) is 5.92 Å². The van der Waals surface area contributed by atoms with Gasteiger partial charge in [-0.15, -0.1) is 0 Å². The molecule has 0 aromatic heterocycles. The van der Waals surface area contributed by atoms with Crippen LogP contribution >= 0.6 is 0 Å². The molecule has 0 radical (unpaired) electrons. The third kappa shape index (κ3) is 2.17. The molecular weight excluding hydrogens is 136 g/mol. The molecule has 0 heterocycles. The molecule has 1 atom stereocenters. The minimum Gasteiger partial charge on any atom is -0.305 e. The van der Waals surface area contributed by atoms with Crippen LogP contribution in [0.5, 0.6) is 0 Å². The predicted octanol–water partition coefficient (Wildman–Crippen LogP) is 1.28. The van der Waals surface area contributed by atoms with E-state index in [0.29, 0.717) is 6.17 Å². The van der Waals surface area contributed by atoms with Gasteiger partial charge in [-0.25, -0.2) is 0 Å². The van der Waals surface area contributed by atoms with Crippen LogP contribution in [0.1, 0.15) is 25.7 Å². The first-order valence-corrected chi connectivity index (χ1v) is 4.59. The Labute approximate surface area is 70.0 Å². The van der Waals surface area contributed by atoms with E-state index in [4.69, 9.17) is 0 Å². The van der Waals surface area contributed by atoms with Crippen molar-refractivity contribution in [2.24, 2.45) is 5.92 Å². The van der Waals surface area contributed by atoms with E-state index < -0.39 is 0 Å². The summed E-state index contributed by atoms with van der Waals surface area (Å²) in [7, 11) is 6.36. The molecule has 1 aliphatic carbocycles. The summed E-state index contributed by atoms with van der Waals surface area (Å²) in [5.74, 6) is 0.884. The average molecular weight is 156 g/mol. The monoisotopic (exact) mass is 156 g/mol. The van der Waals surface area contributed by atoms with Crippen molar-refractivity contribution in [1.82, 2.24) is 10.2 Å². The summed E-state index contributed by atoms with van der Waals surface area (Å²) in [6.07, 6.45) is 6.26. The highest BCUT2D eigenvalue weighted by Crippen LogP contribution is 2.28. The highest BCUT2D eigenvalue weighted by Gasteiger charge is 2.24. The Morgan fingerprint density at radius 1 is 1.27 bits per heavy atom. The molecule has 1 fully saturated rings. The molecule has 0 saturated heterocycles. The highest BCUT2D eigenvalue weighted by atomic mass is 15.2. The van der Waals surface area contributed by atoms with E-state index in [1.807, 2.05) is 0 Å². The van der Waals surface area contributed by atoms with Crippen LogP contribution in [-0.2, 0) is 0 Å². The second-order valence-electron chi connectivity index (χ2n) is 3.74. The van der Waals surface area contributed by atoms with Crippen LogP contribution in [0.2, 0.25) is 0 Å². The van der Waals surface area contributed by atoms with Gasteiger partial charge in [-0.1, -0.05) is 12.8 Å². The Kier molecular flexibility index (Phi) is 3.34. The molecule has 2 nitrogen and oxygen atoms in total. The van der Waals surface area contributed by atoms with Crippen molar-refractivity contribution in [3.05, 3.63) is 0 Å². The van der Waals surface area contributed by atoms with Crippen molar-refractivity contribution < 1.29 is 0 Å². The third-order valence-electron chi connectivity index (χ3n) is 2.70. The Morgan fingerprint density at radius 3 is 2.18 bits per heavy atom. The number of hydrogen-bond donors (Lipinski definition) is 1. The lowest BCUT2D eigenvalue weighted by Gasteiger charge is -2.29. The summed E-state index contributed by atoms with van der Waals surface area (Å²) in [5.41, 5.74) is 0. The maximum atomic E-state index is 3.37. The predicted molar refractivity (Wildman–Crippen MR) is 48.5 cm³/mol. The topological polar surface area (TPSA) is 15.3 Å². The number of nitrogens with one attached hydrogen (secondary N) is 1. The summed E-state index contributed by atoms with van der Waals surface area (Å²) < 4.78 is 0. The Morgan fingerprint density at radius 2 is 1.82 bits per heavy atom. The van der Waals surface area contributed by atoms with Gasteiger partial charge in [0.05, 0.1) is 6.17 Å². The second kappa shape index (κ2) is 4.07. The van der Waals surface area contributed by atoms with Gasteiger partial charge in [0.2, 0.25) is 0 Å². The summed E-state index contributed by atoms with van der Waals surface area (Å²) in [6.45, 7) is 0. The zero-order valence-corrected chi connectivity index (χ0v) is 7.93. The Hall–Kier alpha value is -0.0800. The Bertz CT molecular complexity index is 106. The van der Waals surface area contributed by atoms with Crippen LogP contribution in [-0.4, -0.2) is 32.2 Å². The zero-order valence-electron chi connectivity index (χ0n) is 7.93. The van der Waals surface area contributed by atoms with Gasteiger partial charge in [-0.05, 0) is 39.9 Å². The SMILES string of the molecule is CNC(C1CCCC1)N(C)C. The molecule has 11 heavy (non-hydrogen) atoms. The first-order chi connectivity index (χ1) is 5.25. The maximum absolute atomic E-state index is 3.37. The smallest absolute Gasteiger partial charge is 0.0618 e. The van der Waals surface area contributed by atoms with Crippen molar-refractivity contribution in [3.8, 4) is 0 Å². The molecule has 1 N–H and O–H groups in total. The van der Waals surface area contributed by atoms with E-state index in [1.165, 1.54) is 25.7 Å². The van der Waals surface area contributed by atoms with Crippen LogP contribution in [0.25, 0.3) is 0 Å². The lowest BCUT2D eigenvalue weighted by Crippen LogP contribution is -2.44. The molecule has 2 heteroatoms. The molecule has 1 aliphatic rings. The molecule has 0 spiro atoms. The fourth-order valence-electron chi connectivity index (χ4n) is 2.19. The van der Waals surface area contributed by atoms with Crippen molar-refractivity contribution in [1.29, 1.82) is 0 Å². The van der Waals surface area contributed by atoms with E-state index in [9.17, 15) is 0 Å². The highest BCUT2D eigenvalue weighted by molar-refractivity contribution is 4.77. The summed E-state index contributed by atoms with van der Waals surface area (Å²) in [4.78, 5) is 2.29. The van der Waals surface area contributed by atoms with Crippen molar-refractivity contribution >= 4 is 0 Å². The van der Waals surface area contributed by atoms with Crippen LogP contribution in [0.4, 0.5) is 0 Å². The van der Waals surface area contributed by atoms with E-state index in [0.717, 1.165) is 5.92 Å². The number of hydrogen-bond acceptors (Lipinski definition) is 2. The molecule has 0 aromatic carbocycles. The summed E-state index contributed by atoms with van der Waals surface area (Å²) in [6, 6.07) is 0. The summed E-state index contributed by atoms with van der Waals surface area (Å²) >= 11 is 0. The van der Waals surface area contributed by atoms with Gasteiger partial charge in [0.15, 0.2) is 0 Å².